The number of amides is 1. The van der Waals surface area contributed by atoms with Crippen LogP contribution in [0.1, 0.15) is 44.6 Å². The van der Waals surface area contributed by atoms with Gasteiger partial charge in [-0.3, -0.25) is 14.5 Å². The van der Waals surface area contributed by atoms with E-state index in [9.17, 15) is 9.59 Å². The van der Waals surface area contributed by atoms with Crippen LogP contribution in [0.3, 0.4) is 0 Å². The summed E-state index contributed by atoms with van der Waals surface area (Å²) < 4.78 is 10.9. The highest BCUT2D eigenvalue weighted by Gasteiger charge is 2.45. The number of anilines is 1. The number of nitrogens with zero attached hydrogens (tertiary/aromatic N) is 1. The highest BCUT2D eigenvalue weighted by Crippen LogP contribution is 2.51. The number of halogens is 2. The van der Waals surface area contributed by atoms with Crippen molar-refractivity contribution in [2.45, 2.75) is 39.0 Å². The number of methoxy groups -OCH3 is 2. The molecule has 0 N–H and O–H groups in total. The SMILES string of the molecule is COc1ccc(C2CC(=O)N(c3cccc(Cl)c3Cl)C3=C2C(=O)CC(C)(C)C3)c(OC)c1. The van der Waals surface area contributed by atoms with Crippen LogP contribution in [0, 0.1) is 5.41 Å². The van der Waals surface area contributed by atoms with E-state index < -0.39 is 5.92 Å². The summed E-state index contributed by atoms with van der Waals surface area (Å²) in [7, 11) is 3.15. The number of Topliss-reactive ketones (excluding diaryl/α,β-unsaturated/α-hetero) is 1. The summed E-state index contributed by atoms with van der Waals surface area (Å²) in [6.07, 6.45) is 1.10. The average molecular weight is 474 g/mol. The van der Waals surface area contributed by atoms with Crippen molar-refractivity contribution in [1.82, 2.24) is 0 Å². The van der Waals surface area contributed by atoms with Crippen molar-refractivity contribution in [2.75, 3.05) is 19.1 Å². The van der Waals surface area contributed by atoms with Gasteiger partial charge >= 0.3 is 0 Å². The Morgan fingerprint density at radius 1 is 1.03 bits per heavy atom. The molecule has 1 aliphatic carbocycles. The predicted molar refractivity (Wildman–Crippen MR) is 126 cm³/mol. The lowest BCUT2D eigenvalue weighted by molar-refractivity contribution is -0.121. The molecule has 1 heterocycles. The fourth-order valence-electron chi connectivity index (χ4n) is 4.73. The normalized spacial score (nSPS) is 20.3. The van der Waals surface area contributed by atoms with E-state index in [1.54, 1.807) is 43.4 Å². The molecule has 0 saturated carbocycles. The maximum absolute atomic E-state index is 13.6. The first-order valence-corrected chi connectivity index (χ1v) is 11.2. The summed E-state index contributed by atoms with van der Waals surface area (Å²) in [5.41, 5.74) is 2.34. The highest BCUT2D eigenvalue weighted by molar-refractivity contribution is 6.44. The van der Waals surface area contributed by atoms with E-state index in [1.165, 1.54) is 0 Å². The molecule has 1 amide bonds. The van der Waals surface area contributed by atoms with E-state index in [2.05, 4.69) is 0 Å². The third-order valence-corrected chi connectivity index (χ3v) is 6.94. The van der Waals surface area contributed by atoms with Crippen LogP contribution in [-0.4, -0.2) is 25.9 Å². The van der Waals surface area contributed by atoms with Crippen LogP contribution in [0.5, 0.6) is 11.5 Å². The van der Waals surface area contributed by atoms with Crippen molar-refractivity contribution in [3.05, 3.63) is 63.3 Å². The molecule has 0 radical (unpaired) electrons. The van der Waals surface area contributed by atoms with Crippen LogP contribution < -0.4 is 14.4 Å². The van der Waals surface area contributed by atoms with E-state index in [0.29, 0.717) is 51.3 Å². The second kappa shape index (κ2) is 8.45. The number of carbonyl (C=O) groups is 2. The number of ether oxygens (including phenoxy) is 2. The zero-order valence-corrected chi connectivity index (χ0v) is 20.0. The summed E-state index contributed by atoms with van der Waals surface area (Å²) in [6, 6.07) is 10.7. The van der Waals surface area contributed by atoms with Crippen molar-refractivity contribution in [1.29, 1.82) is 0 Å². The number of allylic oxidation sites excluding steroid dienone is 2. The van der Waals surface area contributed by atoms with Crippen molar-refractivity contribution < 1.29 is 19.1 Å². The van der Waals surface area contributed by atoms with Gasteiger partial charge in [0.1, 0.15) is 11.5 Å². The largest absolute Gasteiger partial charge is 0.497 e. The molecule has 5 nitrogen and oxygen atoms in total. The van der Waals surface area contributed by atoms with Crippen LogP contribution in [0.4, 0.5) is 5.69 Å². The Labute approximate surface area is 197 Å². The van der Waals surface area contributed by atoms with Gasteiger partial charge in [-0.25, -0.2) is 0 Å². The van der Waals surface area contributed by atoms with E-state index in [1.807, 2.05) is 26.0 Å². The molecule has 32 heavy (non-hydrogen) atoms. The summed E-state index contributed by atoms with van der Waals surface area (Å²) in [6.45, 7) is 4.07. The molecule has 0 aromatic heterocycles. The standard InChI is InChI=1S/C25H25Cl2NO4/c1-25(2)12-19-23(20(29)13-25)16(15-9-8-14(31-3)10-21(15)32-4)11-22(30)28(19)18-7-5-6-17(26)24(18)27/h5-10,16H,11-13H2,1-4H3. The maximum atomic E-state index is 13.6. The number of benzene rings is 2. The molecule has 2 aromatic rings. The molecule has 4 rings (SSSR count). The Bertz CT molecular complexity index is 1140. The van der Waals surface area contributed by atoms with Gasteiger partial charge in [0.25, 0.3) is 0 Å². The molecule has 0 bridgehead atoms. The fraction of sp³-hybridized carbons (Fsp3) is 0.360. The minimum absolute atomic E-state index is 0.0368. The molecule has 2 aliphatic rings. The fourth-order valence-corrected chi connectivity index (χ4v) is 5.11. The van der Waals surface area contributed by atoms with E-state index in [-0.39, 0.29) is 23.5 Å². The second-order valence-corrected chi connectivity index (χ2v) is 9.75. The minimum atomic E-state index is -0.406. The van der Waals surface area contributed by atoms with Crippen LogP contribution >= 0.6 is 23.2 Å². The second-order valence-electron chi connectivity index (χ2n) is 8.97. The molecule has 2 aromatic carbocycles. The Hall–Kier alpha value is -2.50. The molecule has 0 saturated heterocycles. The first-order valence-electron chi connectivity index (χ1n) is 10.4. The number of ketones is 1. The number of hydrogen-bond donors (Lipinski definition) is 0. The third kappa shape index (κ3) is 3.89. The highest BCUT2D eigenvalue weighted by atomic mass is 35.5. The summed E-state index contributed by atoms with van der Waals surface area (Å²) in [4.78, 5) is 28.6. The van der Waals surface area contributed by atoms with Gasteiger partial charge in [0, 0.05) is 41.7 Å². The number of rotatable bonds is 4. The lowest BCUT2D eigenvalue weighted by atomic mass is 9.69. The van der Waals surface area contributed by atoms with Gasteiger partial charge in [0.2, 0.25) is 5.91 Å². The Kier molecular flexibility index (Phi) is 5.99. The Morgan fingerprint density at radius 2 is 1.78 bits per heavy atom. The number of carbonyl (C=O) groups excluding carboxylic acids is 2. The smallest absolute Gasteiger partial charge is 0.232 e. The van der Waals surface area contributed by atoms with E-state index in [4.69, 9.17) is 32.7 Å². The third-order valence-electron chi connectivity index (χ3n) is 6.13. The van der Waals surface area contributed by atoms with Crippen LogP contribution in [0.15, 0.2) is 47.7 Å². The number of hydrogen-bond acceptors (Lipinski definition) is 4. The summed E-state index contributed by atoms with van der Waals surface area (Å²) >= 11 is 12.7. The summed E-state index contributed by atoms with van der Waals surface area (Å²) in [5.74, 6) is 0.721. The zero-order chi connectivity index (χ0) is 23.2. The van der Waals surface area contributed by atoms with Gasteiger partial charge in [0.15, 0.2) is 5.78 Å². The summed E-state index contributed by atoms with van der Waals surface area (Å²) in [5, 5.41) is 0.658. The van der Waals surface area contributed by atoms with Crippen LogP contribution in [0.25, 0.3) is 0 Å². The van der Waals surface area contributed by atoms with E-state index in [0.717, 1.165) is 5.56 Å². The first kappa shape index (κ1) is 22.7. The molecule has 7 heteroatoms. The molecule has 1 aliphatic heterocycles. The van der Waals surface area contributed by atoms with Gasteiger partial charge in [0.05, 0.1) is 30.0 Å². The van der Waals surface area contributed by atoms with Gasteiger partial charge in [-0.2, -0.15) is 0 Å². The molecular formula is C25H25Cl2NO4. The minimum Gasteiger partial charge on any atom is -0.497 e. The van der Waals surface area contributed by atoms with Crippen molar-refractivity contribution >= 4 is 40.6 Å². The van der Waals surface area contributed by atoms with Crippen molar-refractivity contribution in [3.63, 3.8) is 0 Å². The van der Waals surface area contributed by atoms with Crippen molar-refractivity contribution in [2.24, 2.45) is 5.41 Å². The lowest BCUT2D eigenvalue weighted by Gasteiger charge is -2.43. The van der Waals surface area contributed by atoms with Gasteiger partial charge in [-0.1, -0.05) is 49.2 Å². The molecule has 0 spiro atoms. The van der Waals surface area contributed by atoms with Crippen LogP contribution in [0.2, 0.25) is 10.0 Å². The Balaban J connectivity index is 1.94. The Morgan fingerprint density at radius 3 is 2.47 bits per heavy atom. The van der Waals surface area contributed by atoms with E-state index >= 15 is 0 Å². The van der Waals surface area contributed by atoms with Gasteiger partial charge in [-0.15, -0.1) is 0 Å². The lowest BCUT2D eigenvalue weighted by Crippen LogP contribution is -2.44. The topological polar surface area (TPSA) is 55.8 Å². The maximum Gasteiger partial charge on any atom is 0.232 e. The molecule has 0 fully saturated rings. The van der Waals surface area contributed by atoms with Crippen LogP contribution in [-0.2, 0) is 9.59 Å². The van der Waals surface area contributed by atoms with Gasteiger partial charge in [-0.05, 0) is 30.0 Å². The molecular weight excluding hydrogens is 449 g/mol. The molecule has 168 valence electrons. The molecule has 1 unspecified atom stereocenters. The van der Waals surface area contributed by atoms with Crippen molar-refractivity contribution in [3.8, 4) is 11.5 Å². The van der Waals surface area contributed by atoms with Gasteiger partial charge < -0.3 is 9.47 Å². The molecule has 1 atom stereocenters. The first-order chi connectivity index (χ1) is 15.2. The zero-order valence-electron chi connectivity index (χ0n) is 18.5. The average Bonchev–Trinajstić information content (AvgIpc) is 2.74. The quantitative estimate of drug-likeness (QED) is 0.532. The predicted octanol–water partition coefficient (Wildman–Crippen LogP) is 6.17. The monoisotopic (exact) mass is 473 g/mol.